The third kappa shape index (κ3) is 2.16. The zero-order valence-corrected chi connectivity index (χ0v) is 10.6. The van der Waals surface area contributed by atoms with E-state index in [2.05, 4.69) is 24.3 Å². The molecular formula is C14H13NO2S. The molecule has 2 aromatic rings. The van der Waals surface area contributed by atoms with Crippen molar-refractivity contribution in [1.82, 2.24) is 4.57 Å². The van der Waals surface area contributed by atoms with Crippen molar-refractivity contribution in [2.24, 2.45) is 0 Å². The topological polar surface area (TPSA) is 42.2 Å². The van der Waals surface area contributed by atoms with Crippen molar-refractivity contribution >= 4 is 17.7 Å². The van der Waals surface area contributed by atoms with Gasteiger partial charge in [-0.25, -0.2) is 4.79 Å². The second-order valence-corrected chi connectivity index (χ2v) is 5.80. The Balaban J connectivity index is 1.70. The number of carboxylic acid groups (broad SMARTS) is 1. The van der Waals surface area contributed by atoms with Crippen LogP contribution in [0.4, 0.5) is 0 Å². The van der Waals surface area contributed by atoms with E-state index in [-0.39, 0.29) is 0 Å². The molecule has 1 N–H and O–H groups in total. The van der Waals surface area contributed by atoms with Gasteiger partial charge in [-0.2, -0.15) is 0 Å². The molecule has 0 saturated heterocycles. The fourth-order valence-electron chi connectivity index (χ4n) is 2.27. The zero-order chi connectivity index (χ0) is 12.5. The first-order valence-corrected chi connectivity index (χ1v) is 6.74. The second-order valence-electron chi connectivity index (χ2n) is 4.45. The first-order chi connectivity index (χ1) is 8.72. The Bertz CT molecular complexity index is 566. The maximum absolute atomic E-state index is 10.8. The van der Waals surface area contributed by atoms with Gasteiger partial charge in [0.05, 0.1) is 5.56 Å². The van der Waals surface area contributed by atoms with E-state index in [4.69, 9.17) is 5.11 Å². The van der Waals surface area contributed by atoms with Crippen molar-refractivity contribution in [2.45, 2.75) is 23.1 Å². The van der Waals surface area contributed by atoms with Gasteiger partial charge in [-0.3, -0.25) is 0 Å². The monoisotopic (exact) mass is 259 g/mol. The number of nitrogens with zero attached hydrogens (tertiary/aromatic N) is 1. The van der Waals surface area contributed by atoms with Crippen LogP contribution < -0.4 is 0 Å². The summed E-state index contributed by atoms with van der Waals surface area (Å²) in [7, 11) is 0. The molecule has 1 atom stereocenters. The second kappa shape index (κ2) is 4.53. The molecule has 0 spiro atoms. The minimum absolute atomic E-state index is 0.357. The van der Waals surface area contributed by atoms with Gasteiger partial charge in [0.25, 0.3) is 0 Å². The van der Waals surface area contributed by atoms with Crippen LogP contribution in [0.2, 0.25) is 0 Å². The lowest BCUT2D eigenvalue weighted by atomic mass is 10.1. The van der Waals surface area contributed by atoms with Gasteiger partial charge in [-0.15, -0.1) is 11.8 Å². The van der Waals surface area contributed by atoms with Gasteiger partial charge in [-0.05, 0) is 24.1 Å². The lowest BCUT2D eigenvalue weighted by molar-refractivity contribution is 0.0697. The number of hydrogen-bond acceptors (Lipinski definition) is 2. The van der Waals surface area contributed by atoms with E-state index in [0.717, 1.165) is 13.0 Å². The van der Waals surface area contributed by atoms with Gasteiger partial charge >= 0.3 is 5.97 Å². The molecule has 0 bridgehead atoms. The van der Waals surface area contributed by atoms with E-state index >= 15 is 0 Å². The van der Waals surface area contributed by atoms with E-state index in [1.165, 1.54) is 10.5 Å². The smallest absolute Gasteiger partial charge is 0.337 e. The van der Waals surface area contributed by atoms with E-state index in [1.807, 2.05) is 22.5 Å². The fraction of sp³-hybridized carbons (Fsp3) is 0.214. The van der Waals surface area contributed by atoms with Gasteiger partial charge in [0.2, 0.25) is 0 Å². The Hall–Kier alpha value is -1.68. The maximum atomic E-state index is 10.8. The Kier molecular flexibility index (Phi) is 2.88. The third-order valence-corrected chi connectivity index (χ3v) is 4.43. The molecule has 0 fully saturated rings. The fourth-order valence-corrected chi connectivity index (χ4v) is 3.60. The van der Waals surface area contributed by atoms with E-state index in [0.29, 0.717) is 10.8 Å². The van der Waals surface area contributed by atoms with Crippen molar-refractivity contribution in [2.75, 3.05) is 0 Å². The highest BCUT2D eigenvalue weighted by Gasteiger charge is 2.22. The summed E-state index contributed by atoms with van der Waals surface area (Å²) in [4.78, 5) is 12.2. The number of thioether (sulfide) groups is 1. The first-order valence-electron chi connectivity index (χ1n) is 5.86. The lowest BCUT2D eigenvalue weighted by Crippen LogP contribution is -2.10. The molecule has 1 aliphatic heterocycles. The minimum atomic E-state index is -0.865. The normalized spacial score (nSPS) is 17.7. The van der Waals surface area contributed by atoms with Gasteiger partial charge in [-0.1, -0.05) is 18.2 Å². The molecule has 0 amide bonds. The van der Waals surface area contributed by atoms with Gasteiger partial charge in [0.15, 0.2) is 0 Å². The summed E-state index contributed by atoms with van der Waals surface area (Å²) in [6, 6.07) is 10.1. The zero-order valence-electron chi connectivity index (χ0n) is 9.74. The molecule has 2 heterocycles. The Morgan fingerprint density at radius 3 is 2.94 bits per heavy atom. The standard InChI is InChI=1S/C14H13NO2S/c16-14(17)11-5-6-15(8-11)9-12-7-10-3-1-2-4-13(10)18-12/h1-6,8,12H,7,9H2,(H,16,17). The summed E-state index contributed by atoms with van der Waals surface area (Å²) in [6.07, 6.45) is 4.60. The van der Waals surface area contributed by atoms with Crippen LogP contribution in [0, 0.1) is 0 Å². The maximum Gasteiger partial charge on any atom is 0.337 e. The summed E-state index contributed by atoms with van der Waals surface area (Å²) in [5.74, 6) is -0.865. The van der Waals surface area contributed by atoms with E-state index in [1.54, 1.807) is 12.3 Å². The highest BCUT2D eigenvalue weighted by Crippen LogP contribution is 2.37. The number of rotatable bonds is 3. The average Bonchev–Trinajstić information content (AvgIpc) is 2.94. The van der Waals surface area contributed by atoms with Crippen LogP contribution >= 0.6 is 11.8 Å². The lowest BCUT2D eigenvalue weighted by Gasteiger charge is -2.09. The highest BCUT2D eigenvalue weighted by atomic mass is 32.2. The molecule has 92 valence electrons. The molecule has 0 aliphatic carbocycles. The van der Waals surface area contributed by atoms with Crippen molar-refractivity contribution in [3.05, 3.63) is 53.9 Å². The summed E-state index contributed by atoms with van der Waals surface area (Å²) >= 11 is 1.88. The summed E-state index contributed by atoms with van der Waals surface area (Å²) < 4.78 is 1.97. The Labute approximate surface area is 109 Å². The SMILES string of the molecule is O=C(O)c1ccn(CC2Cc3ccccc3S2)c1. The van der Waals surface area contributed by atoms with Crippen LogP contribution in [0.5, 0.6) is 0 Å². The van der Waals surface area contributed by atoms with E-state index in [9.17, 15) is 4.79 Å². The minimum Gasteiger partial charge on any atom is -0.478 e. The molecule has 3 nitrogen and oxygen atoms in total. The molecule has 0 saturated carbocycles. The van der Waals surface area contributed by atoms with Crippen LogP contribution in [-0.2, 0) is 13.0 Å². The average molecular weight is 259 g/mol. The van der Waals surface area contributed by atoms with Crippen LogP contribution in [0.3, 0.4) is 0 Å². The molecule has 1 unspecified atom stereocenters. The summed E-state index contributed by atoms with van der Waals surface area (Å²) in [5.41, 5.74) is 1.76. The van der Waals surface area contributed by atoms with Crippen LogP contribution in [0.25, 0.3) is 0 Å². The molecular weight excluding hydrogens is 246 g/mol. The molecule has 4 heteroatoms. The molecule has 3 rings (SSSR count). The number of carbonyl (C=O) groups is 1. The van der Waals surface area contributed by atoms with Gasteiger partial charge in [0, 0.05) is 29.1 Å². The van der Waals surface area contributed by atoms with Gasteiger partial charge in [0.1, 0.15) is 0 Å². The van der Waals surface area contributed by atoms with Crippen LogP contribution in [0.1, 0.15) is 15.9 Å². The van der Waals surface area contributed by atoms with Gasteiger partial charge < -0.3 is 9.67 Å². The predicted molar refractivity (Wildman–Crippen MR) is 71.2 cm³/mol. The number of aromatic carboxylic acids is 1. The number of aromatic nitrogens is 1. The van der Waals surface area contributed by atoms with Crippen molar-refractivity contribution < 1.29 is 9.90 Å². The highest BCUT2D eigenvalue weighted by molar-refractivity contribution is 8.00. The summed E-state index contributed by atoms with van der Waals surface area (Å²) in [5, 5.41) is 9.38. The molecule has 18 heavy (non-hydrogen) atoms. The van der Waals surface area contributed by atoms with Crippen molar-refractivity contribution in [3.8, 4) is 0 Å². The number of carboxylic acids is 1. The third-order valence-electron chi connectivity index (χ3n) is 3.13. The number of fused-ring (bicyclic) bond motifs is 1. The summed E-state index contributed by atoms with van der Waals surface area (Å²) in [6.45, 7) is 0.854. The van der Waals surface area contributed by atoms with Crippen LogP contribution in [0.15, 0.2) is 47.6 Å². The molecule has 1 aromatic carbocycles. The molecule has 1 aromatic heterocycles. The quantitative estimate of drug-likeness (QED) is 0.921. The predicted octanol–water partition coefficient (Wildman–Crippen LogP) is 2.90. The largest absolute Gasteiger partial charge is 0.478 e. The Morgan fingerprint density at radius 2 is 2.22 bits per heavy atom. The van der Waals surface area contributed by atoms with Crippen molar-refractivity contribution in [1.29, 1.82) is 0 Å². The molecule has 1 aliphatic rings. The number of benzene rings is 1. The molecule has 0 radical (unpaired) electrons. The van der Waals surface area contributed by atoms with Crippen LogP contribution in [-0.4, -0.2) is 20.9 Å². The Morgan fingerprint density at radius 1 is 1.39 bits per heavy atom. The first kappa shape index (κ1) is 11.4. The van der Waals surface area contributed by atoms with Crippen molar-refractivity contribution in [3.63, 3.8) is 0 Å². The van der Waals surface area contributed by atoms with E-state index < -0.39 is 5.97 Å². The number of hydrogen-bond donors (Lipinski definition) is 1.